The fourth-order valence-corrected chi connectivity index (χ4v) is 1.29. The maximum Gasteiger partial charge on any atom is 0.119 e. The average Bonchev–Trinajstić information content (AvgIpc) is 1.86. The summed E-state index contributed by atoms with van der Waals surface area (Å²) < 4.78 is 5.00. The van der Waals surface area contributed by atoms with Crippen molar-refractivity contribution in [2.24, 2.45) is 17.1 Å². The Balaban J connectivity index is 2.64. The number of nitrogens with zero attached hydrogens (tertiary/aromatic N) is 1. The van der Waals surface area contributed by atoms with Crippen molar-refractivity contribution in [3.8, 4) is 6.07 Å². The number of hydrogen-bond donors (Lipinski definition) is 1. The average molecular weight is 154 g/mol. The second-order valence-corrected chi connectivity index (χ2v) is 3.53. The zero-order valence-corrected chi connectivity index (χ0v) is 7.00. The van der Waals surface area contributed by atoms with Crippen molar-refractivity contribution in [3.63, 3.8) is 0 Å². The van der Waals surface area contributed by atoms with Gasteiger partial charge in [-0.1, -0.05) is 13.8 Å². The lowest BCUT2D eigenvalue weighted by Gasteiger charge is -2.41. The summed E-state index contributed by atoms with van der Waals surface area (Å²) in [5.41, 5.74) is 5.47. The van der Waals surface area contributed by atoms with Crippen LogP contribution in [0, 0.1) is 22.7 Å². The van der Waals surface area contributed by atoms with Crippen LogP contribution in [-0.2, 0) is 4.74 Å². The van der Waals surface area contributed by atoms with Crippen LogP contribution in [0.1, 0.15) is 13.8 Å². The molecule has 0 saturated carbocycles. The van der Waals surface area contributed by atoms with Crippen molar-refractivity contribution >= 4 is 0 Å². The molecule has 0 aromatic rings. The van der Waals surface area contributed by atoms with Crippen LogP contribution in [0.3, 0.4) is 0 Å². The number of nitriles is 1. The lowest BCUT2D eigenvalue weighted by atomic mass is 9.75. The second-order valence-electron chi connectivity index (χ2n) is 3.53. The molecule has 1 aliphatic rings. The van der Waals surface area contributed by atoms with E-state index < -0.39 is 5.41 Å². The van der Waals surface area contributed by atoms with Crippen molar-refractivity contribution < 1.29 is 4.74 Å². The predicted octanol–water partition coefficient (Wildman–Crippen LogP) is 0.510. The first-order chi connectivity index (χ1) is 5.12. The molecule has 1 heterocycles. The Morgan fingerprint density at radius 1 is 1.55 bits per heavy atom. The summed E-state index contributed by atoms with van der Waals surface area (Å²) in [6.07, 6.45) is 0. The molecule has 0 aromatic heterocycles. The van der Waals surface area contributed by atoms with Gasteiger partial charge in [0.05, 0.1) is 19.3 Å². The van der Waals surface area contributed by atoms with E-state index in [0.29, 0.717) is 19.1 Å². The summed E-state index contributed by atoms with van der Waals surface area (Å²) in [4.78, 5) is 0. The summed E-state index contributed by atoms with van der Waals surface area (Å²) in [7, 11) is 0. The van der Waals surface area contributed by atoms with E-state index in [1.165, 1.54) is 0 Å². The molecule has 11 heavy (non-hydrogen) atoms. The van der Waals surface area contributed by atoms with Gasteiger partial charge >= 0.3 is 0 Å². The highest BCUT2D eigenvalue weighted by atomic mass is 16.5. The van der Waals surface area contributed by atoms with E-state index in [4.69, 9.17) is 15.7 Å². The molecule has 2 N–H and O–H groups in total. The molecule has 1 aliphatic heterocycles. The van der Waals surface area contributed by atoms with Gasteiger partial charge in [0.15, 0.2) is 0 Å². The molecule has 0 aliphatic carbocycles. The Bertz CT molecular complexity index is 179. The van der Waals surface area contributed by atoms with Gasteiger partial charge in [-0.25, -0.2) is 0 Å². The van der Waals surface area contributed by atoms with E-state index in [1.54, 1.807) is 0 Å². The molecule has 0 bridgehead atoms. The summed E-state index contributed by atoms with van der Waals surface area (Å²) in [5.74, 6) is 0.346. The minimum atomic E-state index is -0.395. The highest BCUT2D eigenvalue weighted by Gasteiger charge is 2.45. The summed E-state index contributed by atoms with van der Waals surface area (Å²) in [6.45, 7) is 5.07. The van der Waals surface area contributed by atoms with Crippen LogP contribution >= 0.6 is 0 Å². The van der Waals surface area contributed by atoms with Crippen molar-refractivity contribution in [2.75, 3.05) is 13.2 Å². The minimum Gasteiger partial charge on any atom is -0.378 e. The van der Waals surface area contributed by atoms with Gasteiger partial charge in [0.25, 0.3) is 0 Å². The molecular weight excluding hydrogens is 140 g/mol. The zero-order valence-electron chi connectivity index (χ0n) is 7.00. The molecular formula is C8H14N2O. The quantitative estimate of drug-likeness (QED) is 0.630. The minimum absolute atomic E-state index is 0.0544. The number of hydrogen-bond acceptors (Lipinski definition) is 3. The van der Waals surface area contributed by atoms with Crippen molar-refractivity contribution in [1.29, 1.82) is 5.26 Å². The number of nitrogens with two attached hydrogens (primary N) is 1. The Morgan fingerprint density at radius 3 is 2.18 bits per heavy atom. The molecule has 3 heteroatoms. The summed E-state index contributed by atoms with van der Waals surface area (Å²) in [6, 6.07) is 2.19. The monoisotopic (exact) mass is 154 g/mol. The van der Waals surface area contributed by atoms with Crippen molar-refractivity contribution in [1.82, 2.24) is 0 Å². The van der Waals surface area contributed by atoms with E-state index in [9.17, 15) is 0 Å². The van der Waals surface area contributed by atoms with E-state index >= 15 is 0 Å². The van der Waals surface area contributed by atoms with Crippen LogP contribution in [0.4, 0.5) is 0 Å². The van der Waals surface area contributed by atoms with E-state index in [1.807, 2.05) is 13.8 Å². The third kappa shape index (κ3) is 1.24. The van der Waals surface area contributed by atoms with Crippen LogP contribution in [0.15, 0.2) is 0 Å². The molecule has 0 aromatic carbocycles. The molecule has 1 atom stereocenters. The lowest BCUT2D eigenvalue weighted by molar-refractivity contribution is -0.0968. The molecule has 1 rings (SSSR count). The Morgan fingerprint density at radius 2 is 2.09 bits per heavy atom. The first kappa shape index (κ1) is 8.51. The summed E-state index contributed by atoms with van der Waals surface area (Å²) >= 11 is 0. The third-order valence-corrected chi connectivity index (χ3v) is 2.30. The van der Waals surface area contributed by atoms with E-state index in [2.05, 4.69) is 6.07 Å². The Hall–Kier alpha value is -0.590. The number of rotatable bonds is 2. The van der Waals surface area contributed by atoms with E-state index in [0.717, 1.165) is 0 Å². The molecule has 0 spiro atoms. The maximum atomic E-state index is 8.85. The third-order valence-electron chi connectivity index (χ3n) is 2.30. The highest BCUT2D eigenvalue weighted by molar-refractivity contribution is 5.10. The van der Waals surface area contributed by atoms with Gasteiger partial charge in [0.2, 0.25) is 0 Å². The zero-order chi connectivity index (χ0) is 8.48. The largest absolute Gasteiger partial charge is 0.378 e. The molecule has 1 unspecified atom stereocenters. The van der Waals surface area contributed by atoms with Gasteiger partial charge < -0.3 is 10.5 Å². The normalized spacial score (nSPS) is 23.9. The topological polar surface area (TPSA) is 59.0 Å². The van der Waals surface area contributed by atoms with Gasteiger partial charge in [-0.2, -0.15) is 5.26 Å². The molecule has 0 amide bonds. The standard InChI is InChI=1S/C8H14N2O/c1-6(2)7(10)8(3-9)4-11-5-8/h6-7H,4-5,10H2,1-2H3. The van der Waals surface area contributed by atoms with Crippen LogP contribution in [0.25, 0.3) is 0 Å². The van der Waals surface area contributed by atoms with Crippen LogP contribution in [-0.4, -0.2) is 19.3 Å². The predicted molar refractivity (Wildman–Crippen MR) is 41.7 cm³/mol. The fraction of sp³-hybridized carbons (Fsp3) is 0.875. The molecule has 62 valence electrons. The highest BCUT2D eigenvalue weighted by Crippen LogP contribution is 2.32. The molecule has 0 radical (unpaired) electrons. The smallest absolute Gasteiger partial charge is 0.119 e. The first-order valence-electron chi connectivity index (χ1n) is 3.87. The second kappa shape index (κ2) is 2.80. The first-order valence-corrected chi connectivity index (χ1v) is 3.87. The van der Waals surface area contributed by atoms with Crippen LogP contribution in [0.2, 0.25) is 0 Å². The van der Waals surface area contributed by atoms with E-state index in [-0.39, 0.29) is 6.04 Å². The Kier molecular flexibility index (Phi) is 2.17. The fourth-order valence-electron chi connectivity index (χ4n) is 1.29. The van der Waals surface area contributed by atoms with Crippen LogP contribution in [0.5, 0.6) is 0 Å². The molecule has 1 saturated heterocycles. The Labute approximate surface area is 67.1 Å². The van der Waals surface area contributed by atoms with Gasteiger partial charge in [0.1, 0.15) is 5.41 Å². The van der Waals surface area contributed by atoms with Crippen molar-refractivity contribution in [2.45, 2.75) is 19.9 Å². The summed E-state index contributed by atoms with van der Waals surface area (Å²) in [5, 5.41) is 8.85. The maximum absolute atomic E-state index is 8.85. The van der Waals surface area contributed by atoms with Crippen LogP contribution < -0.4 is 5.73 Å². The SMILES string of the molecule is CC(C)C(N)C1(C#N)COC1. The molecule has 3 nitrogen and oxygen atoms in total. The van der Waals surface area contributed by atoms with Gasteiger partial charge in [-0.05, 0) is 5.92 Å². The van der Waals surface area contributed by atoms with Gasteiger partial charge in [0, 0.05) is 6.04 Å². The van der Waals surface area contributed by atoms with Gasteiger partial charge in [-0.3, -0.25) is 0 Å². The van der Waals surface area contributed by atoms with Gasteiger partial charge in [-0.15, -0.1) is 0 Å². The lowest BCUT2D eigenvalue weighted by Crippen LogP contribution is -2.56. The van der Waals surface area contributed by atoms with Crippen molar-refractivity contribution in [3.05, 3.63) is 0 Å². The molecule has 1 fully saturated rings. The number of ether oxygens (including phenoxy) is 1.